The molecular formula is C16H15ClFNO2. The second-order valence-electron chi connectivity index (χ2n) is 4.36. The number of nitrogens with one attached hydrogen (secondary N) is 1. The van der Waals surface area contributed by atoms with Crippen LogP contribution in [-0.2, 0) is 9.53 Å². The number of hydrogen-bond donors (Lipinski definition) is 1. The van der Waals surface area contributed by atoms with E-state index in [4.69, 9.17) is 16.3 Å². The van der Waals surface area contributed by atoms with Crippen molar-refractivity contribution in [1.82, 2.24) is 0 Å². The van der Waals surface area contributed by atoms with E-state index in [1.165, 1.54) is 12.1 Å². The van der Waals surface area contributed by atoms with Gasteiger partial charge in [-0.05, 0) is 36.8 Å². The third kappa shape index (κ3) is 3.95. The Balaban J connectivity index is 2.33. The molecule has 2 rings (SSSR count). The van der Waals surface area contributed by atoms with Gasteiger partial charge in [0.1, 0.15) is 5.82 Å². The normalized spacial score (nSPS) is 11.8. The highest BCUT2D eigenvalue weighted by atomic mass is 35.5. The van der Waals surface area contributed by atoms with Crippen LogP contribution in [0.25, 0.3) is 0 Å². The van der Waals surface area contributed by atoms with Crippen LogP contribution in [0.3, 0.4) is 0 Å². The van der Waals surface area contributed by atoms with Crippen LogP contribution in [-0.4, -0.2) is 12.6 Å². The molecule has 0 saturated carbocycles. The van der Waals surface area contributed by atoms with Crippen molar-refractivity contribution < 1.29 is 13.9 Å². The van der Waals surface area contributed by atoms with Crippen molar-refractivity contribution in [2.75, 3.05) is 11.9 Å². The van der Waals surface area contributed by atoms with Gasteiger partial charge in [0.15, 0.2) is 6.04 Å². The molecule has 0 bridgehead atoms. The van der Waals surface area contributed by atoms with Crippen molar-refractivity contribution in [1.29, 1.82) is 0 Å². The van der Waals surface area contributed by atoms with Crippen molar-refractivity contribution in [2.45, 2.75) is 13.0 Å². The Bertz CT molecular complexity index is 633. The smallest absolute Gasteiger partial charge is 0.333 e. The van der Waals surface area contributed by atoms with Crippen molar-refractivity contribution >= 4 is 23.3 Å². The van der Waals surface area contributed by atoms with Crippen LogP contribution >= 0.6 is 11.6 Å². The van der Waals surface area contributed by atoms with Gasteiger partial charge in [0.25, 0.3) is 0 Å². The fraction of sp³-hybridized carbons (Fsp3) is 0.188. The summed E-state index contributed by atoms with van der Waals surface area (Å²) in [6.45, 7) is 1.96. The summed E-state index contributed by atoms with van der Waals surface area (Å²) in [7, 11) is 0. The van der Waals surface area contributed by atoms with Crippen LogP contribution in [0.1, 0.15) is 18.5 Å². The van der Waals surface area contributed by atoms with E-state index < -0.39 is 17.8 Å². The number of para-hydroxylation sites is 1. The fourth-order valence-electron chi connectivity index (χ4n) is 1.92. The summed E-state index contributed by atoms with van der Waals surface area (Å²) in [5, 5.41) is 3.48. The van der Waals surface area contributed by atoms with Crippen molar-refractivity contribution in [3.05, 3.63) is 64.9 Å². The van der Waals surface area contributed by atoms with Gasteiger partial charge in [-0.1, -0.05) is 35.9 Å². The first-order valence-electron chi connectivity index (χ1n) is 6.55. The molecule has 1 atom stereocenters. The molecule has 3 nitrogen and oxygen atoms in total. The summed E-state index contributed by atoms with van der Waals surface area (Å²) in [5.41, 5.74) is 1.06. The molecule has 0 aliphatic heterocycles. The zero-order valence-electron chi connectivity index (χ0n) is 11.5. The molecule has 5 heteroatoms. The molecule has 0 heterocycles. The van der Waals surface area contributed by atoms with Gasteiger partial charge in [0, 0.05) is 0 Å². The molecule has 0 spiro atoms. The second-order valence-corrected chi connectivity index (χ2v) is 4.77. The van der Waals surface area contributed by atoms with Crippen LogP contribution in [0.4, 0.5) is 10.1 Å². The maximum absolute atomic E-state index is 13.4. The molecule has 1 unspecified atom stereocenters. The number of carbonyl (C=O) groups excluding carboxylic acids is 1. The number of ether oxygens (including phenoxy) is 1. The number of esters is 1. The van der Waals surface area contributed by atoms with E-state index >= 15 is 0 Å². The third-order valence-corrected chi connectivity index (χ3v) is 3.21. The van der Waals surface area contributed by atoms with Crippen LogP contribution in [0, 0.1) is 5.82 Å². The fourth-order valence-corrected chi connectivity index (χ4v) is 2.11. The maximum Gasteiger partial charge on any atom is 0.333 e. The first-order chi connectivity index (χ1) is 10.1. The van der Waals surface area contributed by atoms with Gasteiger partial charge in [0.05, 0.1) is 17.3 Å². The van der Waals surface area contributed by atoms with Crippen molar-refractivity contribution in [3.8, 4) is 0 Å². The lowest BCUT2D eigenvalue weighted by molar-refractivity contribution is -0.144. The number of halogens is 2. The zero-order valence-corrected chi connectivity index (χ0v) is 12.2. The standard InChI is InChI=1S/C16H15ClFNO2/c1-2-21-16(20)15(11-6-5-7-12(18)10-11)19-14-9-4-3-8-13(14)17/h3-10,15,19H,2H2,1H3. The van der Waals surface area contributed by atoms with Crippen LogP contribution < -0.4 is 5.32 Å². The second kappa shape index (κ2) is 7.09. The Labute approximate surface area is 127 Å². The van der Waals surface area contributed by atoms with E-state index in [0.717, 1.165) is 0 Å². The van der Waals surface area contributed by atoms with Gasteiger partial charge in [-0.25, -0.2) is 9.18 Å². The van der Waals surface area contributed by atoms with E-state index in [1.54, 1.807) is 43.3 Å². The third-order valence-electron chi connectivity index (χ3n) is 2.88. The molecule has 21 heavy (non-hydrogen) atoms. The molecule has 0 aromatic heterocycles. The molecular weight excluding hydrogens is 293 g/mol. The SMILES string of the molecule is CCOC(=O)C(Nc1ccccc1Cl)c1cccc(F)c1. The first kappa shape index (κ1) is 15.3. The van der Waals surface area contributed by atoms with Crippen molar-refractivity contribution in [3.63, 3.8) is 0 Å². The van der Waals surface area contributed by atoms with Crippen LogP contribution in [0.15, 0.2) is 48.5 Å². The Morgan fingerprint density at radius 3 is 2.71 bits per heavy atom. The Hall–Kier alpha value is -2.07. The first-order valence-corrected chi connectivity index (χ1v) is 6.92. The largest absolute Gasteiger partial charge is 0.464 e. The Morgan fingerprint density at radius 1 is 1.29 bits per heavy atom. The topological polar surface area (TPSA) is 38.3 Å². The summed E-state index contributed by atoms with van der Waals surface area (Å²) in [6.07, 6.45) is 0. The van der Waals surface area contributed by atoms with Gasteiger partial charge in [0.2, 0.25) is 0 Å². The summed E-state index contributed by atoms with van der Waals surface area (Å²) in [4.78, 5) is 12.1. The van der Waals surface area contributed by atoms with E-state index in [9.17, 15) is 9.18 Å². The molecule has 2 aromatic rings. The maximum atomic E-state index is 13.4. The lowest BCUT2D eigenvalue weighted by atomic mass is 10.1. The number of rotatable bonds is 5. The minimum absolute atomic E-state index is 0.245. The molecule has 0 amide bonds. The molecule has 0 aliphatic carbocycles. The predicted molar refractivity (Wildman–Crippen MR) is 80.8 cm³/mol. The molecule has 2 aromatic carbocycles. The zero-order chi connectivity index (χ0) is 15.2. The number of carbonyl (C=O) groups is 1. The highest BCUT2D eigenvalue weighted by molar-refractivity contribution is 6.33. The van der Waals surface area contributed by atoms with E-state index in [-0.39, 0.29) is 6.61 Å². The van der Waals surface area contributed by atoms with Gasteiger partial charge in [-0.15, -0.1) is 0 Å². The summed E-state index contributed by atoms with van der Waals surface area (Å²) >= 11 is 6.08. The van der Waals surface area contributed by atoms with Gasteiger partial charge < -0.3 is 10.1 Å². The molecule has 110 valence electrons. The van der Waals surface area contributed by atoms with E-state index in [2.05, 4.69) is 5.32 Å². The van der Waals surface area contributed by atoms with Gasteiger partial charge in [-0.2, -0.15) is 0 Å². The minimum Gasteiger partial charge on any atom is -0.464 e. The Kier molecular flexibility index (Phi) is 5.17. The average Bonchev–Trinajstić information content (AvgIpc) is 2.46. The number of benzene rings is 2. The molecule has 1 N–H and O–H groups in total. The summed E-state index contributed by atoms with van der Waals surface area (Å²) < 4.78 is 18.4. The van der Waals surface area contributed by atoms with E-state index in [1.807, 2.05) is 0 Å². The molecule has 0 aliphatic rings. The van der Waals surface area contributed by atoms with E-state index in [0.29, 0.717) is 16.3 Å². The average molecular weight is 308 g/mol. The molecule has 0 radical (unpaired) electrons. The molecule has 0 saturated heterocycles. The predicted octanol–water partition coefficient (Wildman–Crippen LogP) is 4.20. The minimum atomic E-state index is -0.819. The molecule has 0 fully saturated rings. The Morgan fingerprint density at radius 2 is 2.05 bits per heavy atom. The summed E-state index contributed by atoms with van der Waals surface area (Å²) in [5.74, 6) is -0.897. The van der Waals surface area contributed by atoms with Gasteiger partial charge in [-0.3, -0.25) is 0 Å². The highest BCUT2D eigenvalue weighted by Gasteiger charge is 2.23. The lowest BCUT2D eigenvalue weighted by Crippen LogP contribution is -2.23. The number of anilines is 1. The lowest BCUT2D eigenvalue weighted by Gasteiger charge is -2.19. The van der Waals surface area contributed by atoms with Crippen LogP contribution in [0.2, 0.25) is 5.02 Å². The summed E-state index contributed by atoms with van der Waals surface area (Å²) in [6, 6.07) is 12.0. The van der Waals surface area contributed by atoms with Gasteiger partial charge >= 0.3 is 5.97 Å². The number of hydrogen-bond acceptors (Lipinski definition) is 3. The monoisotopic (exact) mass is 307 g/mol. The van der Waals surface area contributed by atoms with Crippen molar-refractivity contribution in [2.24, 2.45) is 0 Å². The highest BCUT2D eigenvalue weighted by Crippen LogP contribution is 2.27. The quantitative estimate of drug-likeness (QED) is 0.842. The van der Waals surface area contributed by atoms with Crippen LogP contribution in [0.5, 0.6) is 0 Å².